The Labute approximate surface area is 163 Å². The lowest BCUT2D eigenvalue weighted by Crippen LogP contribution is -2.32. The minimum atomic E-state index is -4.55. The van der Waals surface area contributed by atoms with Gasteiger partial charge in [-0.25, -0.2) is 4.79 Å². The first-order valence-corrected chi connectivity index (χ1v) is 8.87. The molecule has 0 bridgehead atoms. The van der Waals surface area contributed by atoms with Crippen molar-refractivity contribution in [2.75, 3.05) is 0 Å². The van der Waals surface area contributed by atoms with Crippen molar-refractivity contribution in [2.45, 2.75) is 6.18 Å². The number of fused-ring (bicyclic) bond motifs is 2. The summed E-state index contributed by atoms with van der Waals surface area (Å²) in [7, 11) is 0. The van der Waals surface area contributed by atoms with E-state index in [4.69, 9.17) is 16.4 Å². The summed E-state index contributed by atoms with van der Waals surface area (Å²) in [5, 5.41) is 0.429. The number of thiophene rings is 1. The third-order valence-corrected chi connectivity index (χ3v) is 5.71. The van der Waals surface area contributed by atoms with Crippen LogP contribution in [0.15, 0.2) is 42.5 Å². The SMILES string of the molecule is O=C(ON1C(=O)c2ccccc2C1=O)c1sc2cc(C(F)(F)F)ccc2c1Cl. The average molecular weight is 426 g/mol. The van der Waals surface area contributed by atoms with E-state index in [9.17, 15) is 27.6 Å². The second kappa shape index (κ2) is 6.32. The molecular formula is C18H7ClF3NO4S. The standard InChI is InChI=1S/C18H7ClF3NO4S/c19-13-11-6-5-8(18(20,21)22)7-12(11)28-14(13)17(26)27-23-15(24)9-3-1-2-4-10(9)16(23)25/h1-7H. The molecule has 0 aliphatic carbocycles. The topological polar surface area (TPSA) is 63.7 Å². The smallest absolute Gasteiger partial charge is 0.323 e. The molecule has 28 heavy (non-hydrogen) atoms. The molecule has 0 spiro atoms. The van der Waals surface area contributed by atoms with Crippen LogP contribution in [0.4, 0.5) is 13.2 Å². The molecule has 0 saturated carbocycles. The number of hydrogen-bond acceptors (Lipinski definition) is 5. The highest BCUT2D eigenvalue weighted by Crippen LogP contribution is 2.39. The zero-order chi connectivity index (χ0) is 20.2. The summed E-state index contributed by atoms with van der Waals surface area (Å²) < 4.78 is 38.7. The van der Waals surface area contributed by atoms with Gasteiger partial charge in [0.1, 0.15) is 4.88 Å². The highest BCUT2D eigenvalue weighted by Gasteiger charge is 2.39. The molecule has 0 saturated heterocycles. The van der Waals surface area contributed by atoms with E-state index < -0.39 is 29.5 Å². The molecule has 5 nitrogen and oxygen atoms in total. The molecule has 2 amide bonds. The first-order chi connectivity index (χ1) is 13.2. The summed E-state index contributed by atoms with van der Waals surface area (Å²) in [5.41, 5.74) is -0.728. The molecule has 0 N–H and O–H groups in total. The molecule has 3 aromatic rings. The lowest BCUT2D eigenvalue weighted by molar-refractivity contribution is -0.137. The van der Waals surface area contributed by atoms with Crippen LogP contribution in [0.2, 0.25) is 5.02 Å². The average Bonchev–Trinajstić information content (AvgIpc) is 3.11. The normalized spacial score (nSPS) is 13.9. The third-order valence-electron chi connectivity index (χ3n) is 4.07. The Morgan fingerprint density at radius 1 is 1.04 bits per heavy atom. The molecule has 4 rings (SSSR count). The van der Waals surface area contributed by atoms with Crippen molar-refractivity contribution in [3.8, 4) is 0 Å². The molecule has 0 fully saturated rings. The Kier molecular flexibility index (Phi) is 4.16. The first-order valence-electron chi connectivity index (χ1n) is 7.68. The maximum absolute atomic E-state index is 12.9. The molecule has 1 aliphatic rings. The zero-order valence-corrected chi connectivity index (χ0v) is 15.1. The molecule has 0 radical (unpaired) electrons. The summed E-state index contributed by atoms with van der Waals surface area (Å²) >= 11 is 6.78. The molecule has 0 unspecified atom stereocenters. The van der Waals surface area contributed by atoms with Crippen molar-refractivity contribution in [3.63, 3.8) is 0 Å². The number of rotatable bonds is 2. The van der Waals surface area contributed by atoms with Crippen LogP contribution in [0.1, 0.15) is 36.0 Å². The summed E-state index contributed by atoms with van der Waals surface area (Å²) in [6, 6.07) is 8.79. The number of hydroxylamine groups is 2. The molecule has 1 aliphatic heterocycles. The van der Waals surface area contributed by atoms with Crippen LogP contribution >= 0.6 is 22.9 Å². The van der Waals surface area contributed by atoms with Crippen molar-refractivity contribution in [3.05, 3.63) is 69.1 Å². The zero-order valence-electron chi connectivity index (χ0n) is 13.5. The van der Waals surface area contributed by atoms with Crippen molar-refractivity contribution in [1.82, 2.24) is 5.06 Å². The van der Waals surface area contributed by atoms with E-state index >= 15 is 0 Å². The van der Waals surface area contributed by atoms with Crippen LogP contribution in [0, 0.1) is 0 Å². The Bertz CT molecular complexity index is 1140. The monoisotopic (exact) mass is 425 g/mol. The number of nitrogens with zero attached hydrogens (tertiary/aromatic N) is 1. The molecule has 142 valence electrons. The number of benzene rings is 2. The van der Waals surface area contributed by atoms with E-state index in [1.165, 1.54) is 12.1 Å². The molecule has 2 heterocycles. The fourth-order valence-corrected chi connectivity index (χ4v) is 4.17. The second-order valence-corrected chi connectivity index (χ2v) is 7.21. The maximum atomic E-state index is 12.9. The lowest BCUT2D eigenvalue weighted by Gasteiger charge is -2.11. The number of carbonyl (C=O) groups is 3. The summed E-state index contributed by atoms with van der Waals surface area (Å²) in [6.07, 6.45) is -4.55. The van der Waals surface area contributed by atoms with Gasteiger partial charge in [-0.3, -0.25) is 9.59 Å². The van der Waals surface area contributed by atoms with Gasteiger partial charge in [0.25, 0.3) is 11.8 Å². The third kappa shape index (κ3) is 2.83. The van der Waals surface area contributed by atoms with Crippen LogP contribution in [-0.2, 0) is 11.0 Å². The van der Waals surface area contributed by atoms with Crippen molar-refractivity contribution in [1.29, 1.82) is 0 Å². The maximum Gasteiger partial charge on any atom is 0.416 e. The van der Waals surface area contributed by atoms with Gasteiger partial charge in [-0.1, -0.05) is 34.9 Å². The van der Waals surface area contributed by atoms with Crippen LogP contribution in [0.25, 0.3) is 10.1 Å². The number of imide groups is 1. The Hall–Kier alpha value is -2.91. The van der Waals surface area contributed by atoms with Crippen LogP contribution in [-0.4, -0.2) is 22.8 Å². The van der Waals surface area contributed by atoms with Gasteiger partial charge in [-0.15, -0.1) is 11.3 Å². The quantitative estimate of drug-likeness (QED) is 0.545. The van der Waals surface area contributed by atoms with Crippen molar-refractivity contribution < 1.29 is 32.4 Å². The lowest BCUT2D eigenvalue weighted by atomic mass is 10.1. The molecule has 10 heteroatoms. The minimum Gasteiger partial charge on any atom is -0.323 e. The number of amides is 2. The summed E-state index contributed by atoms with van der Waals surface area (Å²) in [4.78, 5) is 41.7. The van der Waals surface area contributed by atoms with E-state index in [1.54, 1.807) is 12.1 Å². The van der Waals surface area contributed by atoms with E-state index in [1.807, 2.05) is 0 Å². The largest absolute Gasteiger partial charge is 0.416 e. The van der Waals surface area contributed by atoms with Gasteiger partial charge in [-0.05, 0) is 24.3 Å². The Morgan fingerprint density at radius 3 is 2.21 bits per heavy atom. The van der Waals surface area contributed by atoms with E-state index in [0.717, 1.165) is 18.2 Å². The summed E-state index contributed by atoms with van der Waals surface area (Å²) in [6.45, 7) is 0. The predicted octanol–water partition coefficient (Wildman–Crippen LogP) is 4.94. The van der Waals surface area contributed by atoms with E-state index in [-0.39, 0.29) is 31.1 Å². The van der Waals surface area contributed by atoms with Gasteiger partial charge in [0.05, 0.1) is 21.7 Å². The second-order valence-electron chi connectivity index (χ2n) is 5.78. The molecule has 0 atom stereocenters. The Morgan fingerprint density at radius 2 is 1.64 bits per heavy atom. The molecular weight excluding hydrogens is 419 g/mol. The predicted molar refractivity (Wildman–Crippen MR) is 94.2 cm³/mol. The Balaban J connectivity index is 1.66. The highest BCUT2D eigenvalue weighted by atomic mass is 35.5. The van der Waals surface area contributed by atoms with Gasteiger partial charge in [0.2, 0.25) is 0 Å². The van der Waals surface area contributed by atoms with Gasteiger partial charge < -0.3 is 4.84 Å². The number of halogens is 4. The molecule has 2 aromatic carbocycles. The highest BCUT2D eigenvalue weighted by molar-refractivity contribution is 7.21. The minimum absolute atomic E-state index is 0.0811. The van der Waals surface area contributed by atoms with Gasteiger partial charge in [0, 0.05) is 10.1 Å². The fourth-order valence-electron chi connectivity index (χ4n) is 2.75. The van der Waals surface area contributed by atoms with Crippen LogP contribution in [0.5, 0.6) is 0 Å². The van der Waals surface area contributed by atoms with Gasteiger partial charge in [0.15, 0.2) is 0 Å². The van der Waals surface area contributed by atoms with Gasteiger partial charge >= 0.3 is 12.1 Å². The van der Waals surface area contributed by atoms with Gasteiger partial charge in [-0.2, -0.15) is 13.2 Å². The molecule has 1 aromatic heterocycles. The van der Waals surface area contributed by atoms with Crippen molar-refractivity contribution in [2.24, 2.45) is 0 Å². The number of hydrogen-bond donors (Lipinski definition) is 0. The fraction of sp³-hybridized carbons (Fsp3) is 0.0556. The van der Waals surface area contributed by atoms with E-state index in [0.29, 0.717) is 16.4 Å². The summed E-state index contributed by atoms with van der Waals surface area (Å²) in [5.74, 6) is -2.75. The van der Waals surface area contributed by atoms with Crippen LogP contribution < -0.4 is 0 Å². The van der Waals surface area contributed by atoms with Crippen LogP contribution in [0.3, 0.4) is 0 Å². The number of alkyl halides is 3. The van der Waals surface area contributed by atoms with Crippen molar-refractivity contribution >= 4 is 50.8 Å². The van der Waals surface area contributed by atoms with E-state index in [2.05, 4.69) is 0 Å². The number of carbonyl (C=O) groups excluding carboxylic acids is 3. The first kappa shape index (κ1) is 18.5.